The van der Waals surface area contributed by atoms with Crippen LogP contribution in [0.1, 0.15) is 22.3 Å². The Hall–Kier alpha value is -2.38. The highest BCUT2D eigenvalue weighted by Crippen LogP contribution is 2.21. The normalized spacial score (nSPS) is 10.1. The molecule has 0 fully saturated rings. The van der Waals surface area contributed by atoms with E-state index < -0.39 is 5.82 Å². The summed E-state index contributed by atoms with van der Waals surface area (Å²) >= 11 is 0. The van der Waals surface area contributed by atoms with Crippen molar-refractivity contribution < 1.29 is 9.13 Å². The molecule has 0 radical (unpaired) electrons. The summed E-state index contributed by atoms with van der Waals surface area (Å²) in [7, 11) is 0. The minimum atomic E-state index is -0.439. The Balaban J connectivity index is 2.17. The molecule has 0 spiro atoms. The van der Waals surface area contributed by atoms with Crippen molar-refractivity contribution in [1.82, 2.24) is 0 Å². The maximum Gasteiger partial charge on any atom is 0.124 e. The van der Waals surface area contributed by atoms with E-state index in [1.807, 2.05) is 31.2 Å². The third-order valence-electron chi connectivity index (χ3n) is 2.92. The summed E-state index contributed by atoms with van der Waals surface area (Å²) in [4.78, 5) is 0. The molecule has 3 nitrogen and oxygen atoms in total. The topological polar surface area (TPSA) is 59.0 Å². The van der Waals surface area contributed by atoms with Crippen LogP contribution in [0.5, 0.6) is 5.75 Å². The van der Waals surface area contributed by atoms with Crippen molar-refractivity contribution >= 4 is 0 Å². The minimum Gasteiger partial charge on any atom is -0.489 e. The number of benzene rings is 2. The number of nitrogens with zero attached hydrogens (tertiary/aromatic N) is 1. The molecule has 102 valence electrons. The lowest BCUT2D eigenvalue weighted by Crippen LogP contribution is -2.03. The van der Waals surface area contributed by atoms with Gasteiger partial charge < -0.3 is 10.5 Å². The standard InChI is InChI=1S/C16H15FN2O/c1-11-2-3-16(14(4-11)9-19)20-10-13-5-12(8-18)6-15(17)7-13/h2-7H,9-10,19H2,1H3. The Bertz CT molecular complexity index is 662. The summed E-state index contributed by atoms with van der Waals surface area (Å²) in [5, 5.41) is 8.81. The Morgan fingerprint density at radius 1 is 1.25 bits per heavy atom. The number of nitrogens with two attached hydrogens (primary N) is 1. The van der Waals surface area contributed by atoms with Crippen molar-refractivity contribution in [3.8, 4) is 11.8 Å². The highest BCUT2D eigenvalue weighted by molar-refractivity contribution is 5.37. The molecular formula is C16H15FN2O. The van der Waals surface area contributed by atoms with E-state index in [0.29, 0.717) is 17.9 Å². The summed E-state index contributed by atoms with van der Waals surface area (Å²) in [6.07, 6.45) is 0. The van der Waals surface area contributed by atoms with Crippen molar-refractivity contribution in [1.29, 1.82) is 5.26 Å². The van der Waals surface area contributed by atoms with Gasteiger partial charge in [-0.15, -0.1) is 0 Å². The summed E-state index contributed by atoms with van der Waals surface area (Å²) in [6.45, 7) is 2.56. The highest BCUT2D eigenvalue weighted by Gasteiger charge is 2.05. The second-order valence-electron chi connectivity index (χ2n) is 4.56. The summed E-state index contributed by atoms with van der Waals surface area (Å²) < 4.78 is 19.0. The third kappa shape index (κ3) is 3.34. The molecule has 2 aromatic carbocycles. The van der Waals surface area contributed by atoms with Crippen LogP contribution < -0.4 is 10.5 Å². The highest BCUT2D eigenvalue weighted by atomic mass is 19.1. The molecule has 0 amide bonds. The van der Waals surface area contributed by atoms with E-state index in [2.05, 4.69) is 0 Å². The molecule has 2 rings (SSSR count). The van der Waals surface area contributed by atoms with Crippen LogP contribution in [-0.4, -0.2) is 0 Å². The Morgan fingerprint density at radius 2 is 2.05 bits per heavy atom. The largest absolute Gasteiger partial charge is 0.489 e. The fourth-order valence-electron chi connectivity index (χ4n) is 1.97. The molecule has 2 aromatic rings. The van der Waals surface area contributed by atoms with Gasteiger partial charge in [0.2, 0.25) is 0 Å². The first-order valence-electron chi connectivity index (χ1n) is 6.24. The number of hydrogen-bond donors (Lipinski definition) is 1. The van der Waals surface area contributed by atoms with Crippen molar-refractivity contribution in [3.05, 3.63) is 64.5 Å². The van der Waals surface area contributed by atoms with Gasteiger partial charge in [0.1, 0.15) is 18.2 Å². The smallest absolute Gasteiger partial charge is 0.124 e. The van der Waals surface area contributed by atoms with E-state index in [0.717, 1.165) is 11.1 Å². The minimum absolute atomic E-state index is 0.197. The first-order valence-corrected chi connectivity index (χ1v) is 6.24. The van der Waals surface area contributed by atoms with Crippen LogP contribution in [0, 0.1) is 24.1 Å². The van der Waals surface area contributed by atoms with Crippen molar-refractivity contribution in [3.63, 3.8) is 0 Å². The van der Waals surface area contributed by atoms with E-state index >= 15 is 0 Å². The van der Waals surface area contributed by atoms with Gasteiger partial charge in [-0.2, -0.15) is 5.26 Å². The van der Waals surface area contributed by atoms with Crippen LogP contribution in [0.2, 0.25) is 0 Å². The van der Waals surface area contributed by atoms with E-state index in [9.17, 15) is 4.39 Å². The first-order chi connectivity index (χ1) is 9.62. The zero-order valence-corrected chi connectivity index (χ0v) is 11.2. The molecule has 0 aliphatic carbocycles. The van der Waals surface area contributed by atoms with E-state index in [-0.39, 0.29) is 12.2 Å². The fourth-order valence-corrected chi connectivity index (χ4v) is 1.97. The first kappa shape index (κ1) is 14.0. The molecule has 0 aromatic heterocycles. The third-order valence-corrected chi connectivity index (χ3v) is 2.92. The van der Waals surface area contributed by atoms with Gasteiger partial charge >= 0.3 is 0 Å². The van der Waals surface area contributed by atoms with Crippen LogP contribution >= 0.6 is 0 Å². The maximum atomic E-state index is 13.3. The number of nitriles is 1. The average Bonchev–Trinajstić information content (AvgIpc) is 2.45. The lowest BCUT2D eigenvalue weighted by molar-refractivity contribution is 0.302. The second kappa shape index (κ2) is 6.18. The number of aryl methyl sites for hydroxylation is 1. The van der Waals surface area contributed by atoms with Crippen LogP contribution in [0.25, 0.3) is 0 Å². The second-order valence-corrected chi connectivity index (χ2v) is 4.56. The quantitative estimate of drug-likeness (QED) is 0.929. The van der Waals surface area contributed by atoms with Gasteiger partial charge in [0.05, 0.1) is 11.6 Å². The maximum absolute atomic E-state index is 13.3. The SMILES string of the molecule is Cc1ccc(OCc2cc(F)cc(C#N)c2)c(CN)c1. The van der Waals surface area contributed by atoms with Gasteiger partial charge in [-0.25, -0.2) is 4.39 Å². The zero-order chi connectivity index (χ0) is 14.5. The molecule has 0 saturated carbocycles. The van der Waals surface area contributed by atoms with E-state index in [1.54, 1.807) is 6.07 Å². The van der Waals surface area contributed by atoms with Gasteiger partial charge in [0, 0.05) is 12.1 Å². The van der Waals surface area contributed by atoms with Gasteiger partial charge in [-0.1, -0.05) is 17.7 Å². The van der Waals surface area contributed by atoms with E-state index in [1.165, 1.54) is 12.1 Å². The van der Waals surface area contributed by atoms with Gasteiger partial charge in [0.25, 0.3) is 0 Å². The molecule has 0 aliphatic heterocycles. The molecule has 20 heavy (non-hydrogen) atoms. The molecule has 0 aliphatic rings. The van der Waals surface area contributed by atoms with E-state index in [4.69, 9.17) is 15.7 Å². The fraction of sp³-hybridized carbons (Fsp3) is 0.188. The number of rotatable bonds is 4. The van der Waals surface area contributed by atoms with Crippen molar-refractivity contribution in [2.24, 2.45) is 5.73 Å². The average molecular weight is 270 g/mol. The Labute approximate surface area is 117 Å². The molecular weight excluding hydrogens is 255 g/mol. The summed E-state index contributed by atoms with van der Waals surface area (Å²) in [5.74, 6) is 0.242. The van der Waals surface area contributed by atoms with Crippen LogP contribution in [0.3, 0.4) is 0 Å². The number of hydrogen-bond acceptors (Lipinski definition) is 3. The summed E-state index contributed by atoms with van der Waals surface area (Å²) in [6, 6.07) is 11.8. The molecule has 0 saturated heterocycles. The lowest BCUT2D eigenvalue weighted by Gasteiger charge is -2.11. The molecule has 0 unspecified atom stereocenters. The molecule has 0 heterocycles. The van der Waals surface area contributed by atoms with Crippen LogP contribution in [0.15, 0.2) is 36.4 Å². The number of ether oxygens (including phenoxy) is 1. The lowest BCUT2D eigenvalue weighted by atomic mass is 10.1. The monoisotopic (exact) mass is 270 g/mol. The number of halogens is 1. The van der Waals surface area contributed by atoms with Crippen LogP contribution in [-0.2, 0) is 13.2 Å². The zero-order valence-electron chi connectivity index (χ0n) is 11.2. The van der Waals surface area contributed by atoms with Crippen LogP contribution in [0.4, 0.5) is 4.39 Å². The van der Waals surface area contributed by atoms with Gasteiger partial charge in [-0.05, 0) is 36.8 Å². The Kier molecular flexibility index (Phi) is 4.34. The van der Waals surface area contributed by atoms with Gasteiger partial charge in [0.15, 0.2) is 0 Å². The van der Waals surface area contributed by atoms with Crippen molar-refractivity contribution in [2.45, 2.75) is 20.1 Å². The van der Waals surface area contributed by atoms with Gasteiger partial charge in [-0.3, -0.25) is 0 Å². The summed E-state index contributed by atoms with van der Waals surface area (Å²) in [5.41, 5.74) is 8.59. The molecule has 4 heteroatoms. The molecule has 0 bridgehead atoms. The predicted molar refractivity (Wildman–Crippen MR) is 74.5 cm³/mol. The molecule has 2 N–H and O–H groups in total. The predicted octanol–water partition coefficient (Wildman–Crippen LogP) is 3.04. The van der Waals surface area contributed by atoms with Crippen molar-refractivity contribution in [2.75, 3.05) is 0 Å². The molecule has 0 atom stereocenters. The Morgan fingerprint density at radius 3 is 2.75 bits per heavy atom.